The Balaban J connectivity index is 1.91. The van der Waals surface area contributed by atoms with Crippen LogP contribution in [0.1, 0.15) is 23.0 Å². The normalized spacial score (nSPS) is 10.0. The minimum atomic E-state index is -0.401. The van der Waals surface area contributed by atoms with Gasteiger partial charge in [-0.25, -0.2) is 4.79 Å². The van der Waals surface area contributed by atoms with Crippen LogP contribution in [-0.4, -0.2) is 24.7 Å². The van der Waals surface area contributed by atoms with Gasteiger partial charge in [0.15, 0.2) is 0 Å². The summed E-state index contributed by atoms with van der Waals surface area (Å²) < 4.78 is 15.6. The summed E-state index contributed by atoms with van der Waals surface area (Å²) in [6.07, 6.45) is 1.47. The number of ether oxygens (including phenoxy) is 3. The number of hydrogen-bond acceptors (Lipinski definition) is 5. The van der Waals surface area contributed by atoms with Gasteiger partial charge in [-0.2, -0.15) is 0 Å². The third-order valence-corrected chi connectivity index (χ3v) is 2.77. The summed E-state index contributed by atoms with van der Waals surface area (Å²) in [5.74, 6) is 1.14. The molecule has 0 aliphatic rings. The van der Waals surface area contributed by atoms with Crippen molar-refractivity contribution < 1.29 is 19.0 Å². The maximum Gasteiger partial charge on any atom is 0.339 e. The zero-order valence-corrected chi connectivity index (χ0v) is 12.0. The number of benzene rings is 1. The highest BCUT2D eigenvalue weighted by atomic mass is 16.5. The van der Waals surface area contributed by atoms with E-state index in [1.165, 1.54) is 13.3 Å². The van der Waals surface area contributed by atoms with E-state index >= 15 is 0 Å². The molecule has 0 radical (unpaired) electrons. The fourth-order valence-corrected chi connectivity index (χ4v) is 1.70. The Morgan fingerprint density at radius 1 is 1.05 bits per heavy atom. The van der Waals surface area contributed by atoms with Crippen LogP contribution >= 0.6 is 0 Å². The van der Waals surface area contributed by atoms with Crippen molar-refractivity contribution in [2.45, 2.75) is 13.5 Å². The van der Waals surface area contributed by atoms with Crippen LogP contribution in [0.2, 0.25) is 0 Å². The number of hydrogen-bond donors (Lipinski definition) is 0. The summed E-state index contributed by atoms with van der Waals surface area (Å²) in [5.41, 5.74) is 1.15. The van der Waals surface area contributed by atoms with E-state index in [4.69, 9.17) is 9.47 Å². The van der Waals surface area contributed by atoms with Crippen LogP contribution in [0.15, 0.2) is 42.6 Å². The summed E-state index contributed by atoms with van der Waals surface area (Å²) in [5, 5.41) is 0. The highest BCUT2D eigenvalue weighted by Gasteiger charge is 2.05. The third kappa shape index (κ3) is 4.21. The zero-order chi connectivity index (χ0) is 15.1. The maximum absolute atomic E-state index is 11.3. The van der Waals surface area contributed by atoms with Crippen molar-refractivity contribution in [3.8, 4) is 11.5 Å². The van der Waals surface area contributed by atoms with E-state index in [1.54, 1.807) is 12.1 Å². The lowest BCUT2D eigenvalue weighted by molar-refractivity contribution is 0.0600. The highest BCUT2D eigenvalue weighted by molar-refractivity contribution is 5.88. The van der Waals surface area contributed by atoms with E-state index in [0.29, 0.717) is 18.8 Å². The molecule has 2 rings (SSSR count). The zero-order valence-electron chi connectivity index (χ0n) is 12.0. The topological polar surface area (TPSA) is 57.7 Å². The molecule has 21 heavy (non-hydrogen) atoms. The van der Waals surface area contributed by atoms with Gasteiger partial charge in [0.05, 0.1) is 25.0 Å². The molecule has 0 aliphatic carbocycles. The van der Waals surface area contributed by atoms with Crippen molar-refractivity contribution in [2.24, 2.45) is 0 Å². The van der Waals surface area contributed by atoms with Gasteiger partial charge < -0.3 is 14.2 Å². The first-order chi connectivity index (χ1) is 10.2. The Hall–Kier alpha value is -2.56. The quantitative estimate of drug-likeness (QED) is 0.765. The summed E-state index contributed by atoms with van der Waals surface area (Å²) in [4.78, 5) is 15.4. The number of pyridine rings is 1. The molecule has 0 fully saturated rings. The molecular weight excluding hydrogens is 270 g/mol. The van der Waals surface area contributed by atoms with Crippen molar-refractivity contribution in [3.63, 3.8) is 0 Å². The van der Waals surface area contributed by atoms with Crippen molar-refractivity contribution in [1.82, 2.24) is 4.98 Å². The highest BCUT2D eigenvalue weighted by Crippen LogP contribution is 2.18. The number of carbonyl (C=O) groups is 1. The molecule has 0 spiro atoms. The first-order valence-electron chi connectivity index (χ1n) is 6.62. The average Bonchev–Trinajstić information content (AvgIpc) is 2.54. The summed E-state index contributed by atoms with van der Waals surface area (Å²) >= 11 is 0. The molecule has 0 aliphatic heterocycles. The Bertz CT molecular complexity index is 578. The smallest absolute Gasteiger partial charge is 0.339 e. The lowest BCUT2D eigenvalue weighted by Crippen LogP contribution is -2.04. The van der Waals surface area contributed by atoms with E-state index in [9.17, 15) is 4.79 Å². The Morgan fingerprint density at radius 2 is 1.71 bits per heavy atom. The van der Waals surface area contributed by atoms with Gasteiger partial charge in [0, 0.05) is 6.20 Å². The van der Waals surface area contributed by atoms with E-state index in [2.05, 4.69) is 9.72 Å². The van der Waals surface area contributed by atoms with Crippen LogP contribution in [0.25, 0.3) is 0 Å². The van der Waals surface area contributed by atoms with Crippen molar-refractivity contribution in [2.75, 3.05) is 13.7 Å². The standard InChI is InChI=1S/C16H17NO4/c1-3-20-14-6-8-15(9-7-14)21-11-13-5-4-12(10-17-13)16(18)19-2/h4-10H,3,11H2,1-2H3. The monoisotopic (exact) mass is 287 g/mol. The van der Waals surface area contributed by atoms with Crippen LogP contribution in [-0.2, 0) is 11.3 Å². The minimum Gasteiger partial charge on any atom is -0.494 e. The molecule has 0 bridgehead atoms. The van der Waals surface area contributed by atoms with Gasteiger partial charge in [0.2, 0.25) is 0 Å². The summed E-state index contributed by atoms with van der Waals surface area (Å²) in [7, 11) is 1.34. The van der Waals surface area contributed by atoms with E-state index in [0.717, 1.165) is 17.2 Å². The SMILES string of the molecule is CCOc1ccc(OCc2ccc(C(=O)OC)cn2)cc1. The van der Waals surface area contributed by atoms with Gasteiger partial charge in [-0.3, -0.25) is 4.98 Å². The molecule has 1 aromatic heterocycles. The molecule has 110 valence electrons. The molecule has 0 saturated carbocycles. The lowest BCUT2D eigenvalue weighted by Gasteiger charge is -2.07. The van der Waals surface area contributed by atoms with Crippen molar-refractivity contribution in [3.05, 3.63) is 53.9 Å². The van der Waals surface area contributed by atoms with Gasteiger partial charge in [0.25, 0.3) is 0 Å². The number of methoxy groups -OCH3 is 1. The van der Waals surface area contributed by atoms with Crippen LogP contribution in [0.4, 0.5) is 0 Å². The predicted octanol–water partition coefficient (Wildman–Crippen LogP) is 2.85. The van der Waals surface area contributed by atoms with Gasteiger partial charge in [-0.15, -0.1) is 0 Å². The van der Waals surface area contributed by atoms with Crippen LogP contribution in [0.5, 0.6) is 11.5 Å². The van der Waals surface area contributed by atoms with Crippen LogP contribution < -0.4 is 9.47 Å². The molecule has 0 saturated heterocycles. The number of carbonyl (C=O) groups excluding carboxylic acids is 1. The second-order valence-electron chi connectivity index (χ2n) is 4.22. The van der Waals surface area contributed by atoms with Crippen LogP contribution in [0, 0.1) is 0 Å². The first kappa shape index (κ1) is 14.8. The van der Waals surface area contributed by atoms with E-state index in [1.807, 2.05) is 31.2 Å². The van der Waals surface area contributed by atoms with Gasteiger partial charge in [-0.1, -0.05) is 0 Å². The molecule has 2 aromatic rings. The molecule has 5 heteroatoms. The number of nitrogens with zero attached hydrogens (tertiary/aromatic N) is 1. The van der Waals surface area contributed by atoms with Crippen molar-refractivity contribution in [1.29, 1.82) is 0 Å². The van der Waals surface area contributed by atoms with E-state index < -0.39 is 5.97 Å². The summed E-state index contributed by atoms with van der Waals surface area (Å²) in [6.45, 7) is 2.90. The maximum atomic E-state index is 11.3. The minimum absolute atomic E-state index is 0.329. The van der Waals surface area contributed by atoms with Crippen molar-refractivity contribution >= 4 is 5.97 Å². The molecule has 1 aromatic carbocycles. The molecule has 1 heterocycles. The largest absolute Gasteiger partial charge is 0.494 e. The second-order valence-corrected chi connectivity index (χ2v) is 4.22. The number of esters is 1. The molecule has 0 amide bonds. The third-order valence-electron chi connectivity index (χ3n) is 2.77. The van der Waals surface area contributed by atoms with Gasteiger partial charge in [-0.05, 0) is 43.3 Å². The molecule has 5 nitrogen and oxygen atoms in total. The fourth-order valence-electron chi connectivity index (χ4n) is 1.70. The molecule has 0 atom stereocenters. The fraction of sp³-hybridized carbons (Fsp3) is 0.250. The second kappa shape index (κ2) is 7.28. The lowest BCUT2D eigenvalue weighted by atomic mass is 10.2. The molecule has 0 unspecified atom stereocenters. The van der Waals surface area contributed by atoms with E-state index in [-0.39, 0.29) is 0 Å². The Morgan fingerprint density at radius 3 is 2.24 bits per heavy atom. The van der Waals surface area contributed by atoms with Gasteiger partial charge >= 0.3 is 5.97 Å². The van der Waals surface area contributed by atoms with Gasteiger partial charge in [0.1, 0.15) is 18.1 Å². The van der Waals surface area contributed by atoms with Crippen LogP contribution in [0.3, 0.4) is 0 Å². The molecule has 0 N–H and O–H groups in total. The average molecular weight is 287 g/mol. The first-order valence-corrected chi connectivity index (χ1v) is 6.62. The predicted molar refractivity (Wildman–Crippen MR) is 77.5 cm³/mol. The Kier molecular flexibility index (Phi) is 5.15. The number of aromatic nitrogens is 1. The molecular formula is C16H17NO4. The summed E-state index contributed by atoms with van der Waals surface area (Å²) in [6, 6.07) is 10.8. The Labute approximate surface area is 123 Å². The number of rotatable bonds is 6.